The summed E-state index contributed by atoms with van der Waals surface area (Å²) < 4.78 is 4.69. The molecule has 2 N–H and O–H groups in total. The van der Waals surface area contributed by atoms with Gasteiger partial charge in [0.1, 0.15) is 11.4 Å². The molecule has 0 bridgehead atoms. The van der Waals surface area contributed by atoms with E-state index in [-0.39, 0.29) is 30.7 Å². The smallest absolute Gasteiger partial charge is 0.354 e. The van der Waals surface area contributed by atoms with Crippen LogP contribution in [0, 0.1) is 0 Å². The number of carbonyl (C=O) groups excluding carboxylic acids is 4. The number of anilines is 2. The number of amides is 3. The van der Waals surface area contributed by atoms with Crippen molar-refractivity contribution in [2.75, 3.05) is 23.9 Å². The molecular formula is C24H23N5O5S. The predicted molar refractivity (Wildman–Crippen MR) is 129 cm³/mol. The fourth-order valence-electron chi connectivity index (χ4n) is 4.67. The zero-order chi connectivity index (χ0) is 24.7. The van der Waals surface area contributed by atoms with E-state index in [1.54, 1.807) is 45.6 Å². The summed E-state index contributed by atoms with van der Waals surface area (Å²) in [5.74, 6) is -0.989. The number of para-hydroxylation sites is 1. The Morgan fingerprint density at radius 3 is 2.89 bits per heavy atom. The molecule has 1 atom stereocenters. The minimum Gasteiger partial charge on any atom is -0.464 e. The van der Waals surface area contributed by atoms with Crippen LogP contribution in [-0.2, 0) is 14.3 Å². The maximum absolute atomic E-state index is 13.3. The Morgan fingerprint density at radius 1 is 1.29 bits per heavy atom. The molecule has 1 aromatic carbocycles. The highest BCUT2D eigenvalue weighted by molar-refractivity contribution is 7.14. The fraction of sp³-hybridized carbons (Fsp3) is 0.292. The molecule has 11 heteroatoms. The number of carbonyl (C=O) groups is 4. The standard InChI is InChI=1S/C24H23N5O5S/c1-24-9-7-20(31)29(24)18-6-4-3-5-15(18)21(32)28(24)10-8-19(30)27-23-26-17(13-35-23)14-11-16(25-12-14)22(33)34-2/h3-6,11-13,25H,7-10H2,1-2H3,(H,26,27,30). The third-order valence-electron chi connectivity index (χ3n) is 6.44. The number of aromatic amines is 1. The van der Waals surface area contributed by atoms with Gasteiger partial charge in [-0.3, -0.25) is 19.3 Å². The van der Waals surface area contributed by atoms with Gasteiger partial charge in [0.2, 0.25) is 11.8 Å². The average molecular weight is 494 g/mol. The Hall–Kier alpha value is -3.99. The topological polar surface area (TPSA) is 125 Å². The van der Waals surface area contributed by atoms with E-state index in [1.165, 1.54) is 18.4 Å². The third-order valence-corrected chi connectivity index (χ3v) is 7.20. The Labute approximate surface area is 204 Å². The number of aromatic nitrogens is 2. The number of benzene rings is 1. The molecule has 1 saturated heterocycles. The van der Waals surface area contributed by atoms with Crippen LogP contribution in [0.15, 0.2) is 41.9 Å². The normalized spacial score (nSPS) is 18.9. The molecule has 35 heavy (non-hydrogen) atoms. The van der Waals surface area contributed by atoms with Crippen LogP contribution in [0.5, 0.6) is 0 Å². The third kappa shape index (κ3) is 3.87. The summed E-state index contributed by atoms with van der Waals surface area (Å²) in [5.41, 5.74) is 1.89. The van der Waals surface area contributed by atoms with E-state index in [2.05, 4.69) is 15.3 Å². The van der Waals surface area contributed by atoms with Crippen molar-refractivity contribution in [2.24, 2.45) is 0 Å². The molecule has 3 aromatic rings. The van der Waals surface area contributed by atoms with Crippen LogP contribution in [0.3, 0.4) is 0 Å². The number of methoxy groups -OCH3 is 1. The summed E-state index contributed by atoms with van der Waals surface area (Å²) in [5, 5.41) is 4.95. The first-order chi connectivity index (χ1) is 16.8. The maximum Gasteiger partial charge on any atom is 0.354 e. The molecule has 0 aliphatic carbocycles. The molecule has 2 aromatic heterocycles. The Morgan fingerprint density at radius 2 is 2.09 bits per heavy atom. The number of ether oxygens (including phenoxy) is 1. The van der Waals surface area contributed by atoms with Crippen molar-refractivity contribution < 1.29 is 23.9 Å². The van der Waals surface area contributed by atoms with Gasteiger partial charge in [0.25, 0.3) is 5.91 Å². The summed E-state index contributed by atoms with van der Waals surface area (Å²) in [6, 6.07) is 8.70. The van der Waals surface area contributed by atoms with Crippen molar-refractivity contribution in [3.05, 3.63) is 53.2 Å². The summed E-state index contributed by atoms with van der Waals surface area (Å²) in [6.45, 7) is 2.04. The zero-order valence-corrected chi connectivity index (χ0v) is 20.0. The van der Waals surface area contributed by atoms with Crippen molar-refractivity contribution in [3.63, 3.8) is 0 Å². The molecule has 3 amide bonds. The number of thiazole rings is 1. The summed E-state index contributed by atoms with van der Waals surface area (Å²) in [7, 11) is 1.30. The van der Waals surface area contributed by atoms with E-state index in [9.17, 15) is 19.2 Å². The number of nitrogens with one attached hydrogen (secondary N) is 2. The van der Waals surface area contributed by atoms with Crippen LogP contribution in [-0.4, -0.2) is 57.9 Å². The lowest BCUT2D eigenvalue weighted by molar-refractivity contribution is -0.117. The average Bonchev–Trinajstić information content (AvgIpc) is 3.58. The molecule has 2 aliphatic rings. The first kappa shape index (κ1) is 22.8. The van der Waals surface area contributed by atoms with Crippen molar-refractivity contribution in [1.29, 1.82) is 0 Å². The van der Waals surface area contributed by atoms with Gasteiger partial charge in [-0.1, -0.05) is 12.1 Å². The second-order valence-corrected chi connectivity index (χ2v) is 9.41. The van der Waals surface area contributed by atoms with Gasteiger partial charge < -0.3 is 19.9 Å². The van der Waals surface area contributed by atoms with Crippen LogP contribution in [0.1, 0.15) is 47.0 Å². The number of fused-ring (bicyclic) bond motifs is 3. The lowest BCUT2D eigenvalue weighted by Gasteiger charge is -2.48. The van der Waals surface area contributed by atoms with Crippen LogP contribution in [0.2, 0.25) is 0 Å². The van der Waals surface area contributed by atoms with Crippen molar-refractivity contribution in [3.8, 4) is 11.3 Å². The second kappa shape index (κ2) is 8.66. The first-order valence-corrected chi connectivity index (χ1v) is 12.0. The number of esters is 1. The molecule has 2 aliphatic heterocycles. The Bertz CT molecular complexity index is 1350. The highest BCUT2D eigenvalue weighted by Gasteiger charge is 2.52. The van der Waals surface area contributed by atoms with Gasteiger partial charge in [0.15, 0.2) is 5.13 Å². The Kier molecular flexibility index (Phi) is 5.64. The number of rotatable bonds is 6. The SMILES string of the molecule is COC(=O)c1cc(-c2csc(NC(=O)CCN3C(=O)c4ccccc4N4C(=O)CCC34C)n2)c[nH]1. The van der Waals surface area contributed by atoms with Gasteiger partial charge in [-0.05, 0) is 31.5 Å². The molecule has 10 nitrogen and oxygen atoms in total. The van der Waals surface area contributed by atoms with E-state index in [0.29, 0.717) is 46.2 Å². The molecular weight excluding hydrogens is 470 g/mol. The second-order valence-electron chi connectivity index (χ2n) is 8.55. The molecule has 0 radical (unpaired) electrons. The highest BCUT2D eigenvalue weighted by Crippen LogP contribution is 2.44. The largest absolute Gasteiger partial charge is 0.464 e. The number of hydrogen-bond acceptors (Lipinski definition) is 7. The molecule has 5 rings (SSSR count). The first-order valence-electron chi connectivity index (χ1n) is 11.1. The van der Waals surface area contributed by atoms with Crippen LogP contribution < -0.4 is 10.2 Å². The monoisotopic (exact) mass is 493 g/mol. The van der Waals surface area contributed by atoms with Crippen LogP contribution in [0.4, 0.5) is 10.8 Å². The van der Waals surface area contributed by atoms with Crippen molar-refractivity contribution >= 4 is 45.8 Å². The van der Waals surface area contributed by atoms with Gasteiger partial charge in [-0.15, -0.1) is 11.3 Å². The van der Waals surface area contributed by atoms with Gasteiger partial charge in [0, 0.05) is 36.5 Å². The van der Waals surface area contributed by atoms with E-state index in [1.807, 2.05) is 13.0 Å². The Balaban J connectivity index is 1.27. The van der Waals surface area contributed by atoms with Crippen LogP contribution >= 0.6 is 11.3 Å². The van der Waals surface area contributed by atoms with Gasteiger partial charge in [0.05, 0.1) is 24.1 Å². The van der Waals surface area contributed by atoms with E-state index < -0.39 is 11.6 Å². The van der Waals surface area contributed by atoms with Crippen molar-refractivity contribution in [2.45, 2.75) is 31.8 Å². The van der Waals surface area contributed by atoms with E-state index in [0.717, 1.165) is 0 Å². The molecule has 4 heterocycles. The number of H-pyrrole nitrogens is 1. The number of hydrogen-bond donors (Lipinski definition) is 2. The lowest BCUT2D eigenvalue weighted by atomic mass is 9.98. The number of nitrogens with zero attached hydrogens (tertiary/aromatic N) is 3. The quantitative estimate of drug-likeness (QED) is 0.508. The summed E-state index contributed by atoms with van der Waals surface area (Å²) >= 11 is 1.26. The molecule has 180 valence electrons. The van der Waals surface area contributed by atoms with Crippen molar-refractivity contribution in [1.82, 2.24) is 14.9 Å². The maximum atomic E-state index is 13.3. The fourth-order valence-corrected chi connectivity index (χ4v) is 5.41. The van der Waals surface area contributed by atoms with Gasteiger partial charge >= 0.3 is 5.97 Å². The summed E-state index contributed by atoms with van der Waals surface area (Å²) in [6.07, 6.45) is 2.55. The predicted octanol–water partition coefficient (Wildman–Crippen LogP) is 3.25. The lowest BCUT2D eigenvalue weighted by Crippen LogP contribution is -2.62. The molecule has 1 fully saturated rings. The molecule has 0 saturated carbocycles. The van der Waals surface area contributed by atoms with Gasteiger partial charge in [-0.25, -0.2) is 9.78 Å². The molecule has 1 unspecified atom stereocenters. The van der Waals surface area contributed by atoms with E-state index in [4.69, 9.17) is 4.74 Å². The zero-order valence-electron chi connectivity index (χ0n) is 19.2. The van der Waals surface area contributed by atoms with Gasteiger partial charge in [-0.2, -0.15) is 0 Å². The minimum absolute atomic E-state index is 0.0302. The van der Waals surface area contributed by atoms with E-state index >= 15 is 0 Å². The summed E-state index contributed by atoms with van der Waals surface area (Å²) in [4.78, 5) is 60.9. The van der Waals surface area contributed by atoms with Crippen LogP contribution in [0.25, 0.3) is 11.3 Å². The minimum atomic E-state index is -0.803. The highest BCUT2D eigenvalue weighted by atomic mass is 32.1. The molecule has 0 spiro atoms.